The highest BCUT2D eigenvalue weighted by Crippen LogP contribution is 2.35. The Hall–Kier alpha value is -3.48. The van der Waals surface area contributed by atoms with Gasteiger partial charge in [0.2, 0.25) is 0 Å². The maximum Gasteiger partial charge on any atom is 0.361 e. The molecule has 0 spiro atoms. The van der Waals surface area contributed by atoms with Crippen LogP contribution in [-0.4, -0.2) is 20.1 Å². The summed E-state index contributed by atoms with van der Waals surface area (Å²) in [5.41, 5.74) is 3.13. The van der Waals surface area contributed by atoms with Crippen molar-refractivity contribution in [2.45, 2.75) is 4.90 Å². The number of hydrogen-bond donors (Lipinski definition) is 1. The smallest absolute Gasteiger partial charge is 0.361 e. The van der Waals surface area contributed by atoms with Crippen LogP contribution < -0.4 is 4.74 Å². The number of rotatable bonds is 5. The van der Waals surface area contributed by atoms with Gasteiger partial charge in [-0.05, 0) is 42.0 Å². The average molecular weight is 419 g/mol. The summed E-state index contributed by atoms with van der Waals surface area (Å²) >= 11 is 0. The van der Waals surface area contributed by atoms with E-state index < -0.39 is 10.1 Å². The first-order chi connectivity index (χ1) is 14.5. The molecule has 0 saturated heterocycles. The van der Waals surface area contributed by atoms with Crippen molar-refractivity contribution in [3.05, 3.63) is 91.0 Å². The Labute approximate surface area is 175 Å². The van der Waals surface area contributed by atoms with Crippen molar-refractivity contribution in [2.24, 2.45) is 0 Å². The van der Waals surface area contributed by atoms with Crippen molar-refractivity contribution in [1.82, 2.24) is 0 Å². The Morgan fingerprint density at radius 1 is 0.700 bits per heavy atom. The van der Waals surface area contributed by atoms with Gasteiger partial charge in [0, 0.05) is 5.56 Å². The van der Waals surface area contributed by atoms with E-state index in [0.29, 0.717) is 17.1 Å². The molecule has 150 valence electrons. The van der Waals surface area contributed by atoms with E-state index in [2.05, 4.69) is 0 Å². The van der Waals surface area contributed by atoms with Crippen molar-refractivity contribution < 1.29 is 22.1 Å². The van der Waals surface area contributed by atoms with E-state index >= 15 is 0 Å². The van der Waals surface area contributed by atoms with Crippen LogP contribution in [0.15, 0.2) is 100 Å². The zero-order valence-electron chi connectivity index (χ0n) is 16.1. The minimum atomic E-state index is -4.45. The lowest BCUT2D eigenvalue weighted by Crippen LogP contribution is -2.01. The van der Waals surface area contributed by atoms with Crippen LogP contribution in [0.25, 0.3) is 33.8 Å². The maximum atomic E-state index is 11.8. The van der Waals surface area contributed by atoms with Gasteiger partial charge in [0.25, 0.3) is 10.1 Å². The lowest BCUT2D eigenvalue weighted by atomic mass is 10.0. The SMILES string of the molecule is COc1ccc(-c2cc(-c3ccccc3)[o+]c(-c3ccccc3)c2)cc1S(=O)(=O)O. The predicted molar refractivity (Wildman–Crippen MR) is 116 cm³/mol. The summed E-state index contributed by atoms with van der Waals surface area (Å²) in [7, 11) is -3.10. The summed E-state index contributed by atoms with van der Waals surface area (Å²) in [6.45, 7) is 0. The second-order valence-corrected chi connectivity index (χ2v) is 8.04. The standard InChI is InChI=1S/C24H18O5S/c1-28-21-13-12-19(16-24(21)30(25,26)27)20-14-22(17-8-4-2-5-9-17)29-23(15-20)18-10-6-3-7-11-18/h2-16H,1H3/p+1. The number of methoxy groups -OCH3 is 1. The predicted octanol–water partition coefficient (Wildman–Crippen LogP) is 5.82. The highest BCUT2D eigenvalue weighted by atomic mass is 32.2. The quantitative estimate of drug-likeness (QED) is 0.326. The van der Waals surface area contributed by atoms with Crippen molar-refractivity contribution in [1.29, 1.82) is 0 Å². The number of ether oxygens (including phenoxy) is 1. The van der Waals surface area contributed by atoms with E-state index in [1.165, 1.54) is 19.2 Å². The molecule has 4 aromatic rings. The van der Waals surface area contributed by atoms with Crippen molar-refractivity contribution in [3.8, 4) is 39.5 Å². The molecule has 0 saturated carbocycles. The first-order valence-corrected chi connectivity index (χ1v) is 10.6. The normalized spacial score (nSPS) is 11.3. The van der Waals surface area contributed by atoms with Crippen LogP contribution in [0.4, 0.5) is 0 Å². The van der Waals surface area contributed by atoms with E-state index in [4.69, 9.17) is 9.15 Å². The molecule has 0 atom stereocenters. The zero-order chi connectivity index (χ0) is 21.1. The molecule has 0 fully saturated rings. The van der Waals surface area contributed by atoms with E-state index in [-0.39, 0.29) is 10.6 Å². The topological polar surface area (TPSA) is 74.9 Å². The maximum absolute atomic E-state index is 11.8. The number of benzene rings is 3. The summed E-state index contributed by atoms with van der Waals surface area (Å²) in [6.07, 6.45) is 0. The minimum Gasteiger partial charge on any atom is -0.495 e. The molecule has 0 radical (unpaired) electrons. The molecule has 30 heavy (non-hydrogen) atoms. The van der Waals surface area contributed by atoms with Gasteiger partial charge in [-0.1, -0.05) is 42.5 Å². The highest BCUT2D eigenvalue weighted by Gasteiger charge is 2.22. The second-order valence-electron chi connectivity index (χ2n) is 6.65. The van der Waals surface area contributed by atoms with Gasteiger partial charge in [-0.2, -0.15) is 8.42 Å². The summed E-state index contributed by atoms with van der Waals surface area (Å²) in [4.78, 5) is -0.286. The third-order valence-electron chi connectivity index (χ3n) is 4.68. The van der Waals surface area contributed by atoms with Crippen LogP contribution in [0.2, 0.25) is 0 Å². The lowest BCUT2D eigenvalue weighted by molar-refractivity contribution is 0.397. The van der Waals surface area contributed by atoms with Gasteiger partial charge in [-0.25, -0.2) is 4.42 Å². The molecule has 0 bridgehead atoms. The van der Waals surface area contributed by atoms with Crippen LogP contribution in [0.1, 0.15) is 0 Å². The van der Waals surface area contributed by atoms with Crippen LogP contribution in [0.3, 0.4) is 0 Å². The molecule has 0 aliphatic heterocycles. The molecular formula is C24H19O5S+. The monoisotopic (exact) mass is 419 g/mol. The van der Waals surface area contributed by atoms with Crippen LogP contribution in [0, 0.1) is 0 Å². The summed E-state index contributed by atoms with van der Waals surface area (Å²) in [5, 5.41) is 0. The first kappa shape index (κ1) is 19.8. The van der Waals surface area contributed by atoms with Crippen LogP contribution in [0.5, 0.6) is 5.75 Å². The third-order valence-corrected chi connectivity index (χ3v) is 5.56. The minimum absolute atomic E-state index is 0.0773. The molecule has 6 heteroatoms. The van der Waals surface area contributed by atoms with Crippen LogP contribution in [-0.2, 0) is 10.1 Å². The molecule has 1 heterocycles. The summed E-state index contributed by atoms with van der Waals surface area (Å²) in [6, 6.07) is 27.6. The zero-order valence-corrected chi connectivity index (χ0v) is 17.0. The first-order valence-electron chi connectivity index (χ1n) is 9.20. The summed E-state index contributed by atoms with van der Waals surface area (Å²) < 4.78 is 44.5. The lowest BCUT2D eigenvalue weighted by Gasteiger charge is -2.08. The molecule has 1 N–H and O–H groups in total. The Kier molecular flexibility index (Phi) is 5.35. The Morgan fingerprint density at radius 3 is 1.70 bits per heavy atom. The molecule has 0 aliphatic carbocycles. The molecule has 0 unspecified atom stereocenters. The molecule has 3 aromatic carbocycles. The molecule has 0 amide bonds. The van der Waals surface area contributed by atoms with Crippen LogP contribution >= 0.6 is 0 Å². The average Bonchev–Trinajstić information content (AvgIpc) is 2.79. The Balaban J connectivity index is 1.94. The molecule has 1 aromatic heterocycles. The van der Waals surface area contributed by atoms with Gasteiger partial charge in [0.05, 0.1) is 30.4 Å². The van der Waals surface area contributed by atoms with Gasteiger partial charge in [0.1, 0.15) is 10.6 Å². The second kappa shape index (κ2) is 8.10. The van der Waals surface area contributed by atoms with Gasteiger partial charge in [-0.15, -0.1) is 0 Å². The fourth-order valence-electron chi connectivity index (χ4n) is 3.22. The van der Waals surface area contributed by atoms with E-state index in [9.17, 15) is 13.0 Å². The Bertz CT molecular complexity index is 1230. The van der Waals surface area contributed by atoms with E-state index in [1.54, 1.807) is 6.07 Å². The fraction of sp³-hybridized carbons (Fsp3) is 0.0417. The largest absolute Gasteiger partial charge is 0.495 e. The molecule has 5 nitrogen and oxygen atoms in total. The van der Waals surface area contributed by atoms with Gasteiger partial charge in [-0.3, -0.25) is 4.55 Å². The van der Waals surface area contributed by atoms with Gasteiger partial charge in [0.15, 0.2) is 0 Å². The summed E-state index contributed by atoms with van der Waals surface area (Å²) in [5.74, 6) is 1.35. The molecular weight excluding hydrogens is 400 g/mol. The Morgan fingerprint density at radius 2 is 1.23 bits per heavy atom. The van der Waals surface area contributed by atoms with Crippen molar-refractivity contribution >= 4 is 10.1 Å². The fourth-order valence-corrected chi connectivity index (χ4v) is 3.90. The van der Waals surface area contributed by atoms with E-state index in [1.807, 2.05) is 72.8 Å². The van der Waals surface area contributed by atoms with Crippen molar-refractivity contribution in [3.63, 3.8) is 0 Å². The van der Waals surface area contributed by atoms with Gasteiger partial charge < -0.3 is 4.74 Å². The molecule has 0 aliphatic rings. The third kappa shape index (κ3) is 4.10. The highest BCUT2D eigenvalue weighted by molar-refractivity contribution is 7.86. The van der Waals surface area contributed by atoms with Crippen molar-refractivity contribution in [2.75, 3.05) is 7.11 Å². The van der Waals surface area contributed by atoms with E-state index in [0.717, 1.165) is 16.7 Å². The van der Waals surface area contributed by atoms with Gasteiger partial charge >= 0.3 is 11.5 Å². The number of hydrogen-bond acceptors (Lipinski definition) is 3. The molecule has 4 rings (SSSR count).